The summed E-state index contributed by atoms with van der Waals surface area (Å²) in [7, 11) is 1.60. The van der Waals surface area contributed by atoms with Gasteiger partial charge in [0.1, 0.15) is 0 Å². The van der Waals surface area contributed by atoms with Crippen molar-refractivity contribution in [2.45, 2.75) is 32.7 Å². The van der Waals surface area contributed by atoms with Gasteiger partial charge in [0.15, 0.2) is 0 Å². The van der Waals surface area contributed by atoms with Crippen LogP contribution in [0.2, 0.25) is 0 Å². The maximum absolute atomic E-state index is 10.6. The van der Waals surface area contributed by atoms with Gasteiger partial charge in [-0.25, -0.2) is 0 Å². The lowest BCUT2D eigenvalue weighted by Gasteiger charge is -2.31. The number of ether oxygens (including phenoxy) is 1. The summed E-state index contributed by atoms with van der Waals surface area (Å²) in [6.07, 6.45) is 0.765. The van der Waals surface area contributed by atoms with E-state index in [-0.39, 0.29) is 17.9 Å². The monoisotopic (exact) mass is 189 g/mol. The Hall–Kier alpha value is -0.610. The van der Waals surface area contributed by atoms with Crippen LogP contribution in [-0.2, 0) is 9.53 Å². The molecule has 0 rings (SSSR count). The molecule has 0 heterocycles. The normalized spacial score (nSPS) is 17.8. The van der Waals surface area contributed by atoms with Gasteiger partial charge in [0.2, 0.25) is 0 Å². The van der Waals surface area contributed by atoms with Gasteiger partial charge in [-0.3, -0.25) is 4.79 Å². The van der Waals surface area contributed by atoms with Crippen molar-refractivity contribution in [1.82, 2.24) is 0 Å². The van der Waals surface area contributed by atoms with E-state index in [9.17, 15) is 4.79 Å². The number of aliphatic carboxylic acids is 1. The predicted molar refractivity (Wildman–Crippen MR) is 50.5 cm³/mol. The van der Waals surface area contributed by atoms with Crippen LogP contribution >= 0.6 is 0 Å². The number of carboxylic acids is 1. The molecule has 3 N–H and O–H groups in total. The predicted octanol–water partition coefficient (Wildman–Crippen LogP) is 0.851. The molecule has 4 nitrogen and oxygen atoms in total. The Bertz CT molecular complexity index is 170. The van der Waals surface area contributed by atoms with Gasteiger partial charge in [-0.05, 0) is 18.8 Å². The quantitative estimate of drug-likeness (QED) is 0.649. The molecule has 0 aromatic rings. The minimum Gasteiger partial charge on any atom is -0.481 e. The smallest absolute Gasteiger partial charge is 0.303 e. The molecule has 0 aliphatic rings. The van der Waals surface area contributed by atoms with Gasteiger partial charge in [0.05, 0.1) is 6.42 Å². The standard InChI is InChI=1S/C9H19NO3/c1-7(10)9(2,4-5-13-3)6-8(11)12/h7H,4-6,10H2,1-3H3,(H,11,12). The lowest BCUT2D eigenvalue weighted by Crippen LogP contribution is -2.39. The fraction of sp³-hybridized carbons (Fsp3) is 0.889. The summed E-state index contributed by atoms with van der Waals surface area (Å²) >= 11 is 0. The van der Waals surface area contributed by atoms with Crippen LogP contribution < -0.4 is 5.73 Å². The third-order valence-corrected chi connectivity index (χ3v) is 2.53. The molecule has 0 radical (unpaired) electrons. The van der Waals surface area contributed by atoms with Gasteiger partial charge < -0.3 is 15.6 Å². The van der Waals surface area contributed by atoms with E-state index in [1.54, 1.807) is 7.11 Å². The van der Waals surface area contributed by atoms with Crippen molar-refractivity contribution in [2.75, 3.05) is 13.7 Å². The molecule has 4 heteroatoms. The van der Waals surface area contributed by atoms with Crippen LogP contribution in [0.3, 0.4) is 0 Å². The highest BCUT2D eigenvalue weighted by Gasteiger charge is 2.31. The molecule has 0 amide bonds. The molecular formula is C9H19NO3. The van der Waals surface area contributed by atoms with Crippen molar-refractivity contribution in [3.8, 4) is 0 Å². The van der Waals surface area contributed by atoms with Crippen LogP contribution in [0.15, 0.2) is 0 Å². The Morgan fingerprint density at radius 3 is 2.54 bits per heavy atom. The highest BCUT2D eigenvalue weighted by Crippen LogP contribution is 2.29. The first-order chi connectivity index (χ1) is 5.92. The largest absolute Gasteiger partial charge is 0.481 e. The van der Waals surface area contributed by atoms with E-state index in [1.807, 2.05) is 13.8 Å². The summed E-state index contributed by atoms with van der Waals surface area (Å²) < 4.78 is 4.92. The number of methoxy groups -OCH3 is 1. The van der Waals surface area contributed by atoms with Crippen molar-refractivity contribution in [2.24, 2.45) is 11.1 Å². The zero-order valence-electron chi connectivity index (χ0n) is 8.54. The summed E-state index contributed by atoms with van der Waals surface area (Å²) in [5.41, 5.74) is 5.37. The number of rotatable bonds is 6. The lowest BCUT2D eigenvalue weighted by atomic mass is 9.78. The van der Waals surface area contributed by atoms with E-state index < -0.39 is 5.97 Å². The first-order valence-corrected chi connectivity index (χ1v) is 4.38. The third-order valence-electron chi connectivity index (χ3n) is 2.53. The number of carboxylic acid groups (broad SMARTS) is 1. The second kappa shape index (κ2) is 5.19. The maximum Gasteiger partial charge on any atom is 0.303 e. The zero-order valence-corrected chi connectivity index (χ0v) is 8.54. The average molecular weight is 189 g/mol. The molecule has 2 atom stereocenters. The molecule has 78 valence electrons. The van der Waals surface area contributed by atoms with Gasteiger partial charge in [-0.2, -0.15) is 0 Å². The Balaban J connectivity index is 4.24. The van der Waals surface area contributed by atoms with E-state index in [2.05, 4.69) is 0 Å². The van der Waals surface area contributed by atoms with Crippen molar-refractivity contribution in [1.29, 1.82) is 0 Å². The van der Waals surface area contributed by atoms with Crippen LogP contribution in [0, 0.1) is 5.41 Å². The number of carbonyl (C=O) groups is 1. The molecule has 13 heavy (non-hydrogen) atoms. The first-order valence-electron chi connectivity index (χ1n) is 4.38. The second-order valence-corrected chi connectivity index (χ2v) is 3.76. The summed E-state index contributed by atoms with van der Waals surface area (Å²) in [4.78, 5) is 10.6. The SMILES string of the molecule is COCCC(C)(CC(=O)O)C(C)N. The van der Waals surface area contributed by atoms with Crippen LogP contribution in [0.4, 0.5) is 0 Å². The molecule has 0 fully saturated rings. The van der Waals surface area contributed by atoms with Gasteiger partial charge in [0.25, 0.3) is 0 Å². The minimum atomic E-state index is -0.809. The number of hydrogen-bond acceptors (Lipinski definition) is 3. The molecular weight excluding hydrogens is 170 g/mol. The summed E-state index contributed by atoms with van der Waals surface area (Å²) in [5, 5.41) is 8.70. The highest BCUT2D eigenvalue weighted by atomic mass is 16.5. The van der Waals surface area contributed by atoms with Gasteiger partial charge in [-0.15, -0.1) is 0 Å². The van der Waals surface area contributed by atoms with Gasteiger partial charge in [-0.1, -0.05) is 6.92 Å². The van der Waals surface area contributed by atoms with Crippen LogP contribution in [-0.4, -0.2) is 30.8 Å². The molecule has 0 aromatic carbocycles. The average Bonchev–Trinajstić information content (AvgIpc) is 1.99. The lowest BCUT2D eigenvalue weighted by molar-refractivity contribution is -0.140. The van der Waals surface area contributed by atoms with Gasteiger partial charge >= 0.3 is 5.97 Å². The fourth-order valence-electron chi connectivity index (χ4n) is 1.16. The topological polar surface area (TPSA) is 72.5 Å². The number of hydrogen-bond donors (Lipinski definition) is 2. The van der Waals surface area contributed by atoms with E-state index in [4.69, 9.17) is 15.6 Å². The van der Waals surface area contributed by atoms with Crippen LogP contribution in [0.25, 0.3) is 0 Å². The van der Waals surface area contributed by atoms with Crippen molar-refractivity contribution in [3.63, 3.8) is 0 Å². The minimum absolute atomic E-state index is 0.0913. The molecule has 2 unspecified atom stereocenters. The van der Waals surface area contributed by atoms with Crippen molar-refractivity contribution >= 4 is 5.97 Å². The van der Waals surface area contributed by atoms with Crippen molar-refractivity contribution in [3.05, 3.63) is 0 Å². The Morgan fingerprint density at radius 2 is 2.23 bits per heavy atom. The molecule has 0 saturated heterocycles. The van der Waals surface area contributed by atoms with Gasteiger partial charge in [0, 0.05) is 19.8 Å². The third kappa shape index (κ3) is 4.24. The second-order valence-electron chi connectivity index (χ2n) is 3.76. The summed E-state index contributed by atoms with van der Waals surface area (Å²) in [6, 6.07) is -0.140. The number of nitrogens with two attached hydrogens (primary N) is 1. The Kier molecular flexibility index (Phi) is 4.95. The van der Waals surface area contributed by atoms with E-state index in [0.717, 1.165) is 0 Å². The Morgan fingerprint density at radius 1 is 1.69 bits per heavy atom. The molecule has 0 aromatic heterocycles. The van der Waals surface area contributed by atoms with E-state index >= 15 is 0 Å². The van der Waals surface area contributed by atoms with Crippen LogP contribution in [0.5, 0.6) is 0 Å². The maximum atomic E-state index is 10.6. The molecule has 0 aliphatic carbocycles. The summed E-state index contributed by atoms with van der Waals surface area (Å²) in [5.74, 6) is -0.809. The molecule has 0 saturated carbocycles. The zero-order chi connectivity index (χ0) is 10.5. The van der Waals surface area contributed by atoms with E-state index in [0.29, 0.717) is 13.0 Å². The summed E-state index contributed by atoms with van der Waals surface area (Å²) in [6.45, 7) is 4.26. The molecule has 0 bridgehead atoms. The van der Waals surface area contributed by atoms with E-state index in [1.165, 1.54) is 0 Å². The molecule has 0 spiro atoms. The van der Waals surface area contributed by atoms with Crippen molar-refractivity contribution < 1.29 is 14.6 Å². The van der Waals surface area contributed by atoms with Crippen LogP contribution in [0.1, 0.15) is 26.7 Å². The fourth-order valence-corrected chi connectivity index (χ4v) is 1.16. The Labute approximate surface area is 79.1 Å². The molecule has 0 aliphatic heterocycles. The first kappa shape index (κ1) is 12.4. The highest BCUT2D eigenvalue weighted by molar-refractivity contribution is 5.67.